The predicted molar refractivity (Wildman–Crippen MR) is 101 cm³/mol. The molecule has 138 valence electrons. The number of aliphatic carboxylic acids is 2. The van der Waals surface area contributed by atoms with Gasteiger partial charge in [-0.2, -0.15) is 0 Å². The van der Waals surface area contributed by atoms with Crippen molar-refractivity contribution in [3.05, 3.63) is 44.4 Å². The number of benzene rings is 1. The van der Waals surface area contributed by atoms with Crippen LogP contribution in [0.3, 0.4) is 0 Å². The molecule has 2 aromatic rings. The Morgan fingerprint density at radius 2 is 1.92 bits per heavy atom. The Labute approximate surface area is 157 Å². The Hall–Kier alpha value is -2.26. The minimum atomic E-state index is -1.52. The Kier molecular flexibility index (Phi) is 4.85. The summed E-state index contributed by atoms with van der Waals surface area (Å²) in [5.74, 6) is -2.96. The first-order valence-electron chi connectivity index (χ1n) is 7.83. The van der Waals surface area contributed by atoms with Crippen LogP contribution in [0.1, 0.15) is 22.8 Å². The third-order valence-corrected chi connectivity index (χ3v) is 6.91. The first-order valence-corrected chi connectivity index (χ1v) is 9.63. The van der Waals surface area contributed by atoms with Gasteiger partial charge in [-0.05, 0) is 17.7 Å². The van der Waals surface area contributed by atoms with E-state index in [0.29, 0.717) is 15.5 Å². The second-order valence-corrected chi connectivity index (χ2v) is 8.45. The van der Waals surface area contributed by atoms with Crippen molar-refractivity contribution >= 4 is 40.7 Å². The topological polar surface area (TPSA) is 111 Å². The fourth-order valence-electron chi connectivity index (χ4n) is 3.28. The Morgan fingerprint density at radius 3 is 2.46 bits per heavy atom. The van der Waals surface area contributed by atoms with Crippen molar-refractivity contribution in [1.82, 2.24) is 4.98 Å². The molecule has 7 nitrogen and oxygen atoms in total. The summed E-state index contributed by atoms with van der Waals surface area (Å²) in [6.07, 6.45) is -0.513. The minimum Gasteiger partial charge on any atom is -0.481 e. The van der Waals surface area contributed by atoms with Crippen LogP contribution < -0.4 is 9.77 Å². The van der Waals surface area contributed by atoms with Gasteiger partial charge in [-0.1, -0.05) is 23.5 Å². The molecule has 2 atom stereocenters. The molecule has 1 aliphatic heterocycles. The van der Waals surface area contributed by atoms with Crippen molar-refractivity contribution in [2.75, 3.05) is 24.7 Å². The van der Waals surface area contributed by atoms with Crippen LogP contribution in [0.5, 0.6) is 0 Å². The number of fused-ring (bicyclic) bond motifs is 1. The van der Waals surface area contributed by atoms with E-state index in [1.54, 1.807) is 0 Å². The van der Waals surface area contributed by atoms with E-state index in [9.17, 15) is 24.6 Å². The molecule has 0 saturated heterocycles. The molecule has 0 radical (unpaired) electrons. The van der Waals surface area contributed by atoms with Crippen LogP contribution in [0, 0.1) is 5.41 Å². The molecule has 9 heteroatoms. The SMILES string of the molecule is CN(C)c1ccc([C@@H]2c3sc(=O)[nH]c3SC[C@]2(CC(=O)O)C(=O)O)cc1. The lowest BCUT2D eigenvalue weighted by Crippen LogP contribution is -2.44. The van der Waals surface area contributed by atoms with Gasteiger partial charge in [0.2, 0.25) is 0 Å². The number of carbonyl (C=O) groups is 2. The third kappa shape index (κ3) is 3.12. The van der Waals surface area contributed by atoms with E-state index in [-0.39, 0.29) is 10.6 Å². The Morgan fingerprint density at radius 1 is 1.27 bits per heavy atom. The second-order valence-electron chi connectivity index (χ2n) is 6.45. The van der Waals surface area contributed by atoms with Crippen molar-refractivity contribution in [1.29, 1.82) is 0 Å². The number of aromatic amines is 1. The van der Waals surface area contributed by atoms with E-state index >= 15 is 0 Å². The van der Waals surface area contributed by atoms with Crippen LogP contribution in [0.2, 0.25) is 0 Å². The number of carboxylic acid groups (broad SMARTS) is 2. The Bertz CT molecular complexity index is 903. The number of nitrogens with one attached hydrogen (secondary N) is 1. The molecule has 0 spiro atoms. The van der Waals surface area contributed by atoms with Gasteiger partial charge in [0.25, 0.3) is 0 Å². The zero-order chi connectivity index (χ0) is 19.1. The molecule has 0 aliphatic carbocycles. The zero-order valence-corrected chi connectivity index (χ0v) is 15.8. The molecular formula is C17H18N2O5S2. The summed E-state index contributed by atoms with van der Waals surface area (Å²) in [6, 6.07) is 7.34. The quantitative estimate of drug-likeness (QED) is 0.713. The summed E-state index contributed by atoms with van der Waals surface area (Å²) in [5, 5.41) is 20.0. The molecule has 1 aliphatic rings. The lowest BCUT2D eigenvalue weighted by atomic mass is 9.70. The smallest absolute Gasteiger partial charge is 0.312 e. The molecule has 3 N–H and O–H groups in total. The highest BCUT2D eigenvalue weighted by molar-refractivity contribution is 7.99. The lowest BCUT2D eigenvalue weighted by molar-refractivity contribution is -0.155. The highest BCUT2D eigenvalue weighted by Gasteiger charge is 2.53. The van der Waals surface area contributed by atoms with Gasteiger partial charge in [0, 0.05) is 36.3 Å². The fraction of sp³-hybridized carbons (Fsp3) is 0.353. The molecule has 3 rings (SSSR count). The number of H-pyrrole nitrogens is 1. The molecule has 0 fully saturated rings. The van der Waals surface area contributed by atoms with Gasteiger partial charge in [0.15, 0.2) is 0 Å². The largest absolute Gasteiger partial charge is 0.481 e. The molecular weight excluding hydrogens is 376 g/mol. The van der Waals surface area contributed by atoms with E-state index in [0.717, 1.165) is 17.0 Å². The number of aromatic nitrogens is 1. The van der Waals surface area contributed by atoms with Crippen LogP contribution in [-0.2, 0) is 9.59 Å². The van der Waals surface area contributed by atoms with Crippen molar-refractivity contribution < 1.29 is 19.8 Å². The number of thioether (sulfide) groups is 1. The summed E-state index contributed by atoms with van der Waals surface area (Å²) in [5.41, 5.74) is 0.116. The van der Waals surface area contributed by atoms with Gasteiger partial charge < -0.3 is 20.1 Å². The summed E-state index contributed by atoms with van der Waals surface area (Å²) >= 11 is 2.15. The first-order chi connectivity index (χ1) is 12.2. The maximum absolute atomic E-state index is 12.2. The lowest BCUT2D eigenvalue weighted by Gasteiger charge is -2.39. The average Bonchev–Trinajstić information content (AvgIpc) is 2.94. The van der Waals surface area contributed by atoms with E-state index in [1.165, 1.54) is 11.8 Å². The third-order valence-electron chi connectivity index (χ3n) is 4.57. The van der Waals surface area contributed by atoms with Gasteiger partial charge in [0.05, 0.1) is 16.9 Å². The Balaban J connectivity index is 2.20. The normalized spacial score (nSPS) is 21.8. The maximum atomic E-state index is 12.2. The van der Waals surface area contributed by atoms with Crippen LogP contribution in [0.15, 0.2) is 34.1 Å². The molecule has 1 aromatic carbocycles. The van der Waals surface area contributed by atoms with Crippen LogP contribution in [-0.4, -0.2) is 47.0 Å². The summed E-state index contributed by atoms with van der Waals surface area (Å²) in [6.45, 7) is 0. The zero-order valence-electron chi connectivity index (χ0n) is 14.2. The molecule has 1 aromatic heterocycles. The van der Waals surface area contributed by atoms with Gasteiger partial charge in [-0.25, -0.2) is 0 Å². The predicted octanol–water partition coefficient (Wildman–Crippen LogP) is 2.29. The number of hydrogen-bond acceptors (Lipinski definition) is 6. The van der Waals surface area contributed by atoms with Gasteiger partial charge in [-0.15, -0.1) is 11.8 Å². The second kappa shape index (κ2) is 6.81. The molecule has 26 heavy (non-hydrogen) atoms. The van der Waals surface area contributed by atoms with Crippen LogP contribution >= 0.6 is 23.1 Å². The average molecular weight is 394 g/mol. The van der Waals surface area contributed by atoms with Gasteiger partial charge in [0.1, 0.15) is 0 Å². The standard InChI is InChI=1S/C17H18N2O5S2/c1-19(2)10-5-3-9(4-6-10)12-13-14(18-16(24)26-13)25-8-17(12,15(22)23)7-11(20)21/h3-6,12H,7-8H2,1-2H3,(H,18,24)(H,20,21)(H,22,23)/t12-,17+/m1/s1. The van der Waals surface area contributed by atoms with Gasteiger partial charge in [-0.3, -0.25) is 14.4 Å². The van der Waals surface area contributed by atoms with Crippen LogP contribution in [0.25, 0.3) is 0 Å². The van der Waals surface area contributed by atoms with Crippen molar-refractivity contribution in [3.8, 4) is 0 Å². The van der Waals surface area contributed by atoms with E-state index in [4.69, 9.17) is 0 Å². The van der Waals surface area contributed by atoms with E-state index < -0.39 is 29.7 Å². The summed E-state index contributed by atoms with van der Waals surface area (Å²) in [7, 11) is 3.79. The summed E-state index contributed by atoms with van der Waals surface area (Å²) < 4.78 is 0. The molecule has 0 unspecified atom stereocenters. The van der Waals surface area contributed by atoms with Crippen molar-refractivity contribution in [3.63, 3.8) is 0 Å². The summed E-state index contributed by atoms with van der Waals surface area (Å²) in [4.78, 5) is 40.5. The number of carboxylic acids is 2. The fourth-order valence-corrected chi connectivity index (χ4v) is 5.84. The number of anilines is 1. The number of rotatable bonds is 5. The van der Waals surface area contributed by atoms with E-state index in [1.807, 2.05) is 43.3 Å². The number of thiazole rings is 1. The minimum absolute atomic E-state index is 0.0778. The molecule has 0 saturated carbocycles. The highest BCUT2D eigenvalue weighted by atomic mass is 32.2. The van der Waals surface area contributed by atoms with Gasteiger partial charge >= 0.3 is 16.8 Å². The number of hydrogen-bond donors (Lipinski definition) is 3. The highest BCUT2D eigenvalue weighted by Crippen LogP contribution is 2.54. The molecule has 0 amide bonds. The first kappa shape index (κ1) is 18.5. The molecule has 2 heterocycles. The number of nitrogens with zero attached hydrogens (tertiary/aromatic N) is 1. The maximum Gasteiger partial charge on any atom is 0.312 e. The van der Waals surface area contributed by atoms with E-state index in [2.05, 4.69) is 4.98 Å². The van der Waals surface area contributed by atoms with Crippen molar-refractivity contribution in [2.45, 2.75) is 17.4 Å². The monoisotopic (exact) mass is 394 g/mol. The molecule has 0 bridgehead atoms. The van der Waals surface area contributed by atoms with Crippen molar-refractivity contribution in [2.24, 2.45) is 5.41 Å². The van der Waals surface area contributed by atoms with Crippen LogP contribution in [0.4, 0.5) is 5.69 Å².